The Morgan fingerprint density at radius 1 is 1.30 bits per heavy atom. The van der Waals surface area contributed by atoms with Crippen LogP contribution in [0.25, 0.3) is 0 Å². The summed E-state index contributed by atoms with van der Waals surface area (Å²) in [6.45, 7) is 12.8. The molecule has 1 rings (SSSR count). The molecule has 6 heteroatoms. The lowest BCUT2D eigenvalue weighted by molar-refractivity contribution is 0.0258. The molecule has 0 amide bonds. The van der Waals surface area contributed by atoms with Gasteiger partial charge in [0.1, 0.15) is 0 Å². The minimum atomic E-state index is 0. The van der Waals surface area contributed by atoms with Crippen LogP contribution in [0.3, 0.4) is 0 Å². The van der Waals surface area contributed by atoms with Crippen LogP contribution < -0.4 is 10.6 Å². The summed E-state index contributed by atoms with van der Waals surface area (Å²) in [6, 6.07) is 0. The average Bonchev–Trinajstić information content (AvgIpc) is 2.99. The van der Waals surface area contributed by atoms with Crippen molar-refractivity contribution in [3.05, 3.63) is 0 Å². The van der Waals surface area contributed by atoms with Gasteiger partial charge in [-0.2, -0.15) is 0 Å². The Bertz CT molecular complexity index is 308. The van der Waals surface area contributed by atoms with Crippen LogP contribution in [0.5, 0.6) is 0 Å². The molecule has 1 aliphatic heterocycles. The molecule has 23 heavy (non-hydrogen) atoms. The molecule has 0 spiro atoms. The number of ether oxygens (including phenoxy) is 2. The van der Waals surface area contributed by atoms with Gasteiger partial charge in [0.25, 0.3) is 0 Å². The second kappa shape index (κ2) is 14.3. The molecule has 5 nitrogen and oxygen atoms in total. The van der Waals surface area contributed by atoms with Crippen molar-refractivity contribution in [1.82, 2.24) is 10.6 Å². The largest absolute Gasteiger partial charge is 0.378 e. The first kappa shape index (κ1) is 22.9. The molecule has 0 aliphatic carbocycles. The Labute approximate surface area is 159 Å². The Morgan fingerprint density at radius 2 is 2.09 bits per heavy atom. The molecule has 1 fully saturated rings. The van der Waals surface area contributed by atoms with E-state index in [9.17, 15) is 0 Å². The number of aliphatic imine (C=N–C) groups is 1. The normalized spacial score (nSPS) is 19.5. The van der Waals surface area contributed by atoms with E-state index >= 15 is 0 Å². The third-order valence-electron chi connectivity index (χ3n) is 3.93. The highest BCUT2D eigenvalue weighted by atomic mass is 127. The summed E-state index contributed by atoms with van der Waals surface area (Å²) in [4.78, 5) is 4.64. The number of rotatable bonds is 10. The third kappa shape index (κ3) is 10.4. The second-order valence-corrected chi connectivity index (χ2v) is 6.14. The molecule has 0 bridgehead atoms. The summed E-state index contributed by atoms with van der Waals surface area (Å²) in [7, 11) is 0. The van der Waals surface area contributed by atoms with Crippen LogP contribution in [-0.2, 0) is 9.47 Å². The first-order valence-electron chi connectivity index (χ1n) is 8.92. The van der Waals surface area contributed by atoms with Gasteiger partial charge in [0, 0.05) is 32.8 Å². The van der Waals surface area contributed by atoms with E-state index in [4.69, 9.17) is 9.47 Å². The molecule has 1 heterocycles. The molecule has 2 atom stereocenters. The zero-order valence-corrected chi connectivity index (χ0v) is 17.6. The van der Waals surface area contributed by atoms with Crippen molar-refractivity contribution < 1.29 is 9.47 Å². The third-order valence-corrected chi connectivity index (χ3v) is 3.93. The topological polar surface area (TPSA) is 54.9 Å². The molecule has 0 radical (unpaired) electrons. The summed E-state index contributed by atoms with van der Waals surface area (Å²) in [5, 5.41) is 6.71. The van der Waals surface area contributed by atoms with Gasteiger partial charge in [-0.15, -0.1) is 24.0 Å². The Morgan fingerprint density at radius 3 is 2.65 bits per heavy atom. The minimum absolute atomic E-state index is 0. The van der Waals surface area contributed by atoms with Gasteiger partial charge in [0.05, 0.1) is 12.2 Å². The second-order valence-electron chi connectivity index (χ2n) is 6.14. The van der Waals surface area contributed by atoms with E-state index in [1.807, 2.05) is 0 Å². The summed E-state index contributed by atoms with van der Waals surface area (Å²) in [5.41, 5.74) is 0. The molecule has 1 saturated heterocycles. The van der Waals surface area contributed by atoms with Gasteiger partial charge in [-0.3, -0.25) is 4.99 Å². The molecule has 1 aliphatic rings. The summed E-state index contributed by atoms with van der Waals surface area (Å²) in [5.74, 6) is 1.44. The fourth-order valence-corrected chi connectivity index (χ4v) is 2.69. The van der Waals surface area contributed by atoms with E-state index in [1.54, 1.807) is 0 Å². The zero-order chi connectivity index (χ0) is 16.2. The van der Waals surface area contributed by atoms with Gasteiger partial charge in [0.15, 0.2) is 5.96 Å². The molecular weight excluding hydrogens is 405 g/mol. The number of hydrogen-bond donors (Lipinski definition) is 2. The Balaban J connectivity index is 0.00000484. The van der Waals surface area contributed by atoms with E-state index in [1.165, 1.54) is 12.8 Å². The number of nitrogens with zero attached hydrogens (tertiary/aromatic N) is 1. The maximum atomic E-state index is 5.78. The number of guanidine groups is 1. The van der Waals surface area contributed by atoms with Crippen molar-refractivity contribution >= 4 is 29.9 Å². The van der Waals surface area contributed by atoms with Crippen LogP contribution in [0.2, 0.25) is 0 Å². The fraction of sp³-hybridized carbons (Fsp3) is 0.941. The van der Waals surface area contributed by atoms with Crippen molar-refractivity contribution in [2.75, 3.05) is 32.8 Å². The van der Waals surface area contributed by atoms with E-state index in [0.29, 0.717) is 18.1 Å². The Kier molecular flexibility index (Phi) is 14.2. The molecule has 2 N–H and O–H groups in total. The minimum Gasteiger partial charge on any atom is -0.378 e. The van der Waals surface area contributed by atoms with Crippen LogP contribution >= 0.6 is 24.0 Å². The number of hydrogen-bond acceptors (Lipinski definition) is 3. The number of halogens is 1. The zero-order valence-electron chi connectivity index (χ0n) is 15.3. The lowest BCUT2D eigenvalue weighted by atomic mass is 10.0. The van der Waals surface area contributed by atoms with Gasteiger partial charge in [-0.25, -0.2) is 0 Å². The maximum absolute atomic E-state index is 5.78. The first-order chi connectivity index (χ1) is 10.7. The molecule has 0 saturated carbocycles. The van der Waals surface area contributed by atoms with E-state index < -0.39 is 0 Å². The van der Waals surface area contributed by atoms with E-state index in [2.05, 4.69) is 43.3 Å². The molecule has 0 aromatic heterocycles. The molecule has 2 unspecified atom stereocenters. The van der Waals surface area contributed by atoms with Crippen LogP contribution in [0.4, 0.5) is 0 Å². The van der Waals surface area contributed by atoms with Crippen LogP contribution in [0, 0.1) is 5.92 Å². The summed E-state index contributed by atoms with van der Waals surface area (Å²) < 4.78 is 11.4. The van der Waals surface area contributed by atoms with E-state index in [-0.39, 0.29) is 24.0 Å². The van der Waals surface area contributed by atoms with E-state index in [0.717, 1.165) is 51.6 Å². The van der Waals surface area contributed by atoms with Crippen molar-refractivity contribution in [2.24, 2.45) is 10.9 Å². The molecule has 0 aromatic carbocycles. The monoisotopic (exact) mass is 441 g/mol. The average molecular weight is 441 g/mol. The highest BCUT2D eigenvalue weighted by Gasteiger charge is 2.15. The number of nitrogens with one attached hydrogen (secondary N) is 2. The van der Waals surface area contributed by atoms with Gasteiger partial charge < -0.3 is 20.1 Å². The summed E-state index contributed by atoms with van der Waals surface area (Å²) in [6.07, 6.45) is 5.12. The molecule has 138 valence electrons. The van der Waals surface area contributed by atoms with Crippen molar-refractivity contribution in [3.63, 3.8) is 0 Å². The standard InChI is InChI=1S/C17H35N3O2.HI/c1-5-18-17(19-11-9-15-8-7-13-22-15)20-12-10-16(14(3)4)21-6-2;/h14-16H,5-13H2,1-4H3,(H2,18,19,20);1H. The van der Waals surface area contributed by atoms with Crippen molar-refractivity contribution in [3.8, 4) is 0 Å². The smallest absolute Gasteiger partial charge is 0.191 e. The Hall–Kier alpha value is -0.0800. The fourth-order valence-electron chi connectivity index (χ4n) is 2.69. The maximum Gasteiger partial charge on any atom is 0.191 e. The molecular formula is C17H36IN3O2. The molecule has 0 aromatic rings. The van der Waals surface area contributed by atoms with Gasteiger partial charge in [-0.05, 0) is 45.4 Å². The summed E-state index contributed by atoms with van der Waals surface area (Å²) >= 11 is 0. The predicted molar refractivity (Wildman–Crippen MR) is 108 cm³/mol. The van der Waals surface area contributed by atoms with Crippen LogP contribution in [0.15, 0.2) is 4.99 Å². The SMILES string of the molecule is CCNC(=NCCC1CCCO1)NCCC(OCC)C(C)C.I. The lowest BCUT2D eigenvalue weighted by Gasteiger charge is -2.21. The highest BCUT2D eigenvalue weighted by Crippen LogP contribution is 2.15. The predicted octanol–water partition coefficient (Wildman–Crippen LogP) is 3.18. The highest BCUT2D eigenvalue weighted by molar-refractivity contribution is 14.0. The van der Waals surface area contributed by atoms with Crippen LogP contribution in [0.1, 0.15) is 53.4 Å². The van der Waals surface area contributed by atoms with Crippen LogP contribution in [-0.4, -0.2) is 51.0 Å². The quantitative estimate of drug-likeness (QED) is 0.311. The van der Waals surface area contributed by atoms with Gasteiger partial charge >= 0.3 is 0 Å². The van der Waals surface area contributed by atoms with Crippen molar-refractivity contribution in [1.29, 1.82) is 0 Å². The first-order valence-corrected chi connectivity index (χ1v) is 8.92. The van der Waals surface area contributed by atoms with Gasteiger partial charge in [-0.1, -0.05) is 13.8 Å². The lowest BCUT2D eigenvalue weighted by Crippen LogP contribution is -2.39. The van der Waals surface area contributed by atoms with Crippen molar-refractivity contribution in [2.45, 2.75) is 65.6 Å². The van der Waals surface area contributed by atoms with Gasteiger partial charge in [0.2, 0.25) is 0 Å².